The molecule has 1 aromatic heterocycles. The molecule has 3 heterocycles. The van der Waals surface area contributed by atoms with Crippen LogP contribution in [0.1, 0.15) is 29.7 Å². The molecule has 0 atom stereocenters. The molecule has 4 rings (SSSR count). The number of rotatable bonds is 4. The van der Waals surface area contributed by atoms with E-state index >= 15 is 0 Å². The van der Waals surface area contributed by atoms with Crippen molar-refractivity contribution in [3.63, 3.8) is 0 Å². The Balaban J connectivity index is 1.43. The van der Waals surface area contributed by atoms with Gasteiger partial charge >= 0.3 is 6.18 Å². The Kier molecular flexibility index (Phi) is 5.94. The lowest BCUT2D eigenvalue weighted by Gasteiger charge is -2.28. The van der Waals surface area contributed by atoms with Crippen molar-refractivity contribution in [3.8, 4) is 0 Å². The Labute approximate surface area is 181 Å². The van der Waals surface area contributed by atoms with E-state index in [4.69, 9.17) is 11.6 Å². The van der Waals surface area contributed by atoms with Crippen molar-refractivity contribution in [2.24, 2.45) is 0 Å². The fraction of sp³-hybridized carbons (Fsp3) is 0.450. The summed E-state index contributed by atoms with van der Waals surface area (Å²) >= 11 is 5.94. The monoisotopic (exact) mass is 455 g/mol. The molecule has 2 N–H and O–H groups in total. The summed E-state index contributed by atoms with van der Waals surface area (Å²) in [5.41, 5.74) is 0.0134. The second kappa shape index (κ2) is 8.51. The number of aromatic nitrogens is 2. The quantitative estimate of drug-likeness (QED) is 0.740. The van der Waals surface area contributed by atoms with Crippen molar-refractivity contribution in [2.75, 3.05) is 36.4 Å². The van der Waals surface area contributed by atoms with Crippen molar-refractivity contribution in [1.82, 2.24) is 14.9 Å². The van der Waals surface area contributed by atoms with Crippen LogP contribution in [0.5, 0.6) is 0 Å². The lowest BCUT2D eigenvalue weighted by molar-refractivity contribution is -0.137. The van der Waals surface area contributed by atoms with Gasteiger partial charge in [0.15, 0.2) is 0 Å². The summed E-state index contributed by atoms with van der Waals surface area (Å²) < 4.78 is 38.7. The van der Waals surface area contributed by atoms with E-state index in [1.165, 1.54) is 0 Å². The highest BCUT2D eigenvalue weighted by atomic mass is 35.5. The number of hydrogen-bond donors (Lipinski definition) is 2. The second-order valence-corrected chi connectivity index (χ2v) is 8.12. The summed E-state index contributed by atoms with van der Waals surface area (Å²) in [5.74, 6) is 0.0781. The minimum Gasteiger partial charge on any atom is -0.342 e. The van der Waals surface area contributed by atoms with Crippen molar-refractivity contribution < 1.29 is 18.0 Å². The van der Waals surface area contributed by atoms with E-state index in [1.54, 1.807) is 4.90 Å². The molecule has 1 aromatic carbocycles. The molecule has 7 nitrogen and oxygen atoms in total. The zero-order valence-corrected chi connectivity index (χ0v) is 17.3. The number of halogens is 4. The van der Waals surface area contributed by atoms with Gasteiger partial charge in [-0.25, -0.2) is 4.98 Å². The van der Waals surface area contributed by atoms with Crippen LogP contribution in [0, 0.1) is 0 Å². The Hall–Kier alpha value is -2.59. The second-order valence-electron chi connectivity index (χ2n) is 7.71. The number of alkyl halides is 3. The minimum absolute atomic E-state index is 0.0143. The summed E-state index contributed by atoms with van der Waals surface area (Å²) in [5, 5.41) is 2.45. The molecule has 2 aromatic rings. The maximum absolute atomic E-state index is 12.9. The van der Waals surface area contributed by atoms with E-state index in [0.29, 0.717) is 24.5 Å². The fourth-order valence-corrected chi connectivity index (χ4v) is 4.04. The van der Waals surface area contributed by atoms with Crippen LogP contribution < -0.4 is 15.8 Å². The molecule has 0 radical (unpaired) electrons. The molecular formula is C20H21ClF3N5O2. The van der Waals surface area contributed by atoms with Crippen LogP contribution in [0.2, 0.25) is 5.02 Å². The lowest BCUT2D eigenvalue weighted by Crippen LogP contribution is -2.40. The summed E-state index contributed by atoms with van der Waals surface area (Å²) in [6, 6.07) is 2.76. The van der Waals surface area contributed by atoms with E-state index in [0.717, 1.165) is 49.8 Å². The van der Waals surface area contributed by atoms with Gasteiger partial charge < -0.3 is 10.2 Å². The van der Waals surface area contributed by atoms with Crippen LogP contribution in [0.3, 0.4) is 0 Å². The number of amides is 1. The molecule has 0 saturated carbocycles. The maximum atomic E-state index is 12.9. The first-order chi connectivity index (χ1) is 14.7. The van der Waals surface area contributed by atoms with E-state index < -0.39 is 17.6 Å². The van der Waals surface area contributed by atoms with E-state index in [2.05, 4.69) is 20.2 Å². The number of benzene rings is 1. The van der Waals surface area contributed by atoms with Gasteiger partial charge in [-0.1, -0.05) is 11.6 Å². The first-order valence-corrected chi connectivity index (χ1v) is 10.3. The van der Waals surface area contributed by atoms with E-state index in [1.807, 2.05) is 0 Å². The standard InChI is InChI=1S/C20H21ClF3N5O2/c21-14-4-3-12(20(22,23)24)9-16(14)25-17(30)11-28-8-5-15-13(10-28)18(31)27-19(26-15)29-6-1-2-7-29/h3-4,9H,1-2,5-8,10-11H2,(H,25,30)(H,26,27,31). The first kappa shape index (κ1) is 21.6. The zero-order valence-electron chi connectivity index (χ0n) is 16.6. The Morgan fingerprint density at radius 1 is 1.23 bits per heavy atom. The highest BCUT2D eigenvalue weighted by Gasteiger charge is 2.31. The number of H-pyrrole nitrogens is 1. The van der Waals surface area contributed by atoms with Gasteiger partial charge in [0.25, 0.3) is 5.56 Å². The third-order valence-electron chi connectivity index (χ3n) is 5.48. The fourth-order valence-electron chi connectivity index (χ4n) is 3.87. The number of aromatic amines is 1. The van der Waals surface area contributed by atoms with Crippen molar-refractivity contribution >= 4 is 29.1 Å². The third-order valence-corrected chi connectivity index (χ3v) is 5.81. The molecule has 1 amide bonds. The lowest BCUT2D eigenvalue weighted by atomic mass is 10.1. The molecule has 1 saturated heterocycles. The zero-order chi connectivity index (χ0) is 22.2. The van der Waals surface area contributed by atoms with E-state index in [-0.39, 0.29) is 29.4 Å². The molecule has 0 unspecified atom stereocenters. The normalized spacial score (nSPS) is 17.0. The number of fused-ring (bicyclic) bond motifs is 1. The predicted octanol–water partition coefficient (Wildman–Crippen LogP) is 3.04. The minimum atomic E-state index is -4.54. The largest absolute Gasteiger partial charge is 0.416 e. The van der Waals surface area contributed by atoms with Gasteiger partial charge in [-0.15, -0.1) is 0 Å². The van der Waals surface area contributed by atoms with Gasteiger partial charge in [0.05, 0.1) is 34.1 Å². The van der Waals surface area contributed by atoms with Crippen molar-refractivity contribution in [1.29, 1.82) is 0 Å². The molecule has 1 fully saturated rings. The number of hydrogen-bond acceptors (Lipinski definition) is 5. The summed E-state index contributed by atoms with van der Waals surface area (Å²) in [4.78, 5) is 36.2. The Bertz CT molecular complexity index is 1050. The number of anilines is 2. The molecule has 0 spiro atoms. The van der Waals surface area contributed by atoms with Gasteiger partial charge in [-0.3, -0.25) is 19.5 Å². The molecule has 0 aliphatic carbocycles. The highest BCUT2D eigenvalue weighted by molar-refractivity contribution is 6.33. The van der Waals surface area contributed by atoms with Crippen molar-refractivity contribution in [3.05, 3.63) is 50.4 Å². The number of nitrogens with one attached hydrogen (secondary N) is 2. The molecule has 0 bridgehead atoms. The third kappa shape index (κ3) is 4.85. The van der Waals surface area contributed by atoms with Crippen LogP contribution in [0.4, 0.5) is 24.8 Å². The topological polar surface area (TPSA) is 81.3 Å². The predicted molar refractivity (Wildman–Crippen MR) is 110 cm³/mol. The summed E-state index contributed by atoms with van der Waals surface area (Å²) in [6.07, 6.45) is -1.89. The number of carbonyl (C=O) groups is 1. The van der Waals surface area contributed by atoms with E-state index in [9.17, 15) is 22.8 Å². The SMILES string of the molecule is O=C(CN1CCc2nc(N3CCCC3)[nH]c(=O)c2C1)Nc1cc(C(F)(F)F)ccc1Cl. The summed E-state index contributed by atoms with van der Waals surface area (Å²) in [7, 11) is 0. The van der Waals surface area contributed by atoms with Gasteiger partial charge in [0.1, 0.15) is 0 Å². The van der Waals surface area contributed by atoms with Gasteiger partial charge in [0.2, 0.25) is 11.9 Å². The van der Waals surface area contributed by atoms with Crippen LogP contribution in [0.15, 0.2) is 23.0 Å². The van der Waals surface area contributed by atoms with Crippen LogP contribution in [-0.2, 0) is 23.9 Å². The van der Waals surface area contributed by atoms with Crippen LogP contribution in [0.25, 0.3) is 0 Å². The Morgan fingerprint density at radius 3 is 2.68 bits per heavy atom. The maximum Gasteiger partial charge on any atom is 0.416 e. The molecule has 2 aliphatic heterocycles. The average molecular weight is 456 g/mol. The highest BCUT2D eigenvalue weighted by Crippen LogP contribution is 2.33. The number of nitrogens with zero attached hydrogens (tertiary/aromatic N) is 3. The first-order valence-electron chi connectivity index (χ1n) is 9.96. The molecular weight excluding hydrogens is 435 g/mol. The van der Waals surface area contributed by atoms with Crippen molar-refractivity contribution in [2.45, 2.75) is 32.0 Å². The van der Waals surface area contributed by atoms with Crippen LogP contribution in [-0.4, -0.2) is 47.0 Å². The number of carbonyl (C=O) groups excluding carboxylic acids is 1. The molecule has 11 heteroatoms. The molecule has 31 heavy (non-hydrogen) atoms. The van der Waals surface area contributed by atoms with Gasteiger partial charge in [0, 0.05) is 32.6 Å². The average Bonchev–Trinajstić information content (AvgIpc) is 3.24. The molecule has 2 aliphatic rings. The summed E-state index contributed by atoms with van der Waals surface area (Å²) in [6.45, 7) is 2.39. The van der Waals surface area contributed by atoms with Gasteiger partial charge in [-0.05, 0) is 31.0 Å². The van der Waals surface area contributed by atoms with Gasteiger partial charge in [-0.2, -0.15) is 13.2 Å². The molecule has 166 valence electrons. The Morgan fingerprint density at radius 2 is 1.97 bits per heavy atom. The smallest absolute Gasteiger partial charge is 0.342 e. The van der Waals surface area contributed by atoms with Crippen LogP contribution >= 0.6 is 11.6 Å².